The SMILES string of the molecule is CCC(C)NCCOC(=O)Nc1ccccc1. The van der Waals surface area contributed by atoms with E-state index in [1.807, 2.05) is 30.3 Å². The van der Waals surface area contributed by atoms with Gasteiger partial charge in [-0.15, -0.1) is 0 Å². The Morgan fingerprint density at radius 2 is 2.06 bits per heavy atom. The Hall–Kier alpha value is -1.55. The zero-order valence-corrected chi connectivity index (χ0v) is 10.4. The van der Waals surface area contributed by atoms with Crippen molar-refractivity contribution in [3.05, 3.63) is 30.3 Å². The molecule has 4 heteroatoms. The number of carbonyl (C=O) groups excluding carboxylic acids is 1. The highest BCUT2D eigenvalue weighted by molar-refractivity contribution is 5.84. The van der Waals surface area contributed by atoms with E-state index < -0.39 is 6.09 Å². The van der Waals surface area contributed by atoms with Crippen LogP contribution in [-0.2, 0) is 4.74 Å². The van der Waals surface area contributed by atoms with Gasteiger partial charge in [0.1, 0.15) is 6.61 Å². The number of hydrogen-bond donors (Lipinski definition) is 2. The van der Waals surface area contributed by atoms with Gasteiger partial charge in [-0.2, -0.15) is 0 Å². The highest BCUT2D eigenvalue weighted by Crippen LogP contribution is 2.04. The van der Waals surface area contributed by atoms with Gasteiger partial charge in [-0.25, -0.2) is 4.79 Å². The molecule has 0 aromatic heterocycles. The summed E-state index contributed by atoms with van der Waals surface area (Å²) in [4.78, 5) is 11.4. The van der Waals surface area contributed by atoms with Crippen LogP contribution < -0.4 is 10.6 Å². The maximum absolute atomic E-state index is 11.4. The average Bonchev–Trinajstić information content (AvgIpc) is 2.35. The van der Waals surface area contributed by atoms with E-state index in [0.717, 1.165) is 12.1 Å². The monoisotopic (exact) mass is 236 g/mol. The summed E-state index contributed by atoms with van der Waals surface area (Å²) in [5.41, 5.74) is 0.743. The van der Waals surface area contributed by atoms with Crippen molar-refractivity contribution in [2.24, 2.45) is 0 Å². The van der Waals surface area contributed by atoms with Crippen molar-refractivity contribution in [3.8, 4) is 0 Å². The molecule has 0 spiro atoms. The topological polar surface area (TPSA) is 50.4 Å². The predicted octanol–water partition coefficient (Wildman–Crippen LogP) is 2.62. The number of amides is 1. The predicted molar refractivity (Wildman–Crippen MR) is 69.2 cm³/mol. The summed E-state index contributed by atoms with van der Waals surface area (Å²) in [6.07, 6.45) is 0.651. The molecule has 0 saturated carbocycles. The zero-order valence-electron chi connectivity index (χ0n) is 10.4. The molecule has 0 aliphatic heterocycles. The van der Waals surface area contributed by atoms with Crippen molar-refractivity contribution in [3.63, 3.8) is 0 Å². The maximum atomic E-state index is 11.4. The Labute approximate surface area is 102 Å². The maximum Gasteiger partial charge on any atom is 0.411 e. The highest BCUT2D eigenvalue weighted by atomic mass is 16.5. The Kier molecular flexibility index (Phi) is 6.10. The number of carbonyl (C=O) groups is 1. The van der Waals surface area contributed by atoms with Crippen molar-refractivity contribution in [1.29, 1.82) is 0 Å². The molecule has 0 radical (unpaired) electrons. The summed E-state index contributed by atoms with van der Waals surface area (Å²) in [5.74, 6) is 0. The number of anilines is 1. The second kappa shape index (κ2) is 7.68. The lowest BCUT2D eigenvalue weighted by atomic mass is 10.3. The minimum absolute atomic E-state index is 0.378. The van der Waals surface area contributed by atoms with Gasteiger partial charge in [-0.3, -0.25) is 5.32 Å². The summed E-state index contributed by atoms with van der Waals surface area (Å²) in [5, 5.41) is 5.90. The minimum Gasteiger partial charge on any atom is -0.448 e. The number of rotatable bonds is 6. The second-order valence-corrected chi connectivity index (χ2v) is 3.89. The van der Waals surface area contributed by atoms with Crippen molar-refractivity contribution in [1.82, 2.24) is 5.32 Å². The normalized spacial score (nSPS) is 11.9. The Morgan fingerprint density at radius 3 is 2.71 bits per heavy atom. The van der Waals surface area contributed by atoms with E-state index in [4.69, 9.17) is 4.74 Å². The molecular weight excluding hydrogens is 216 g/mol. The quantitative estimate of drug-likeness (QED) is 0.746. The second-order valence-electron chi connectivity index (χ2n) is 3.89. The zero-order chi connectivity index (χ0) is 12.5. The molecule has 2 N–H and O–H groups in total. The molecule has 1 atom stereocenters. The van der Waals surface area contributed by atoms with Gasteiger partial charge in [0.05, 0.1) is 0 Å². The van der Waals surface area contributed by atoms with E-state index in [9.17, 15) is 4.79 Å². The first-order chi connectivity index (χ1) is 8.22. The van der Waals surface area contributed by atoms with E-state index >= 15 is 0 Å². The molecule has 0 bridgehead atoms. The Morgan fingerprint density at radius 1 is 1.35 bits per heavy atom. The van der Waals surface area contributed by atoms with E-state index in [0.29, 0.717) is 19.2 Å². The van der Waals surface area contributed by atoms with E-state index in [2.05, 4.69) is 24.5 Å². The number of hydrogen-bond acceptors (Lipinski definition) is 3. The molecule has 0 fully saturated rings. The van der Waals surface area contributed by atoms with Gasteiger partial charge in [-0.1, -0.05) is 25.1 Å². The smallest absolute Gasteiger partial charge is 0.411 e. The Balaban J connectivity index is 2.14. The van der Waals surface area contributed by atoms with Crippen LogP contribution in [0.1, 0.15) is 20.3 Å². The largest absolute Gasteiger partial charge is 0.448 e. The average molecular weight is 236 g/mol. The molecule has 17 heavy (non-hydrogen) atoms. The van der Waals surface area contributed by atoms with Gasteiger partial charge in [0.25, 0.3) is 0 Å². The lowest BCUT2D eigenvalue weighted by Gasteiger charge is -2.11. The van der Waals surface area contributed by atoms with E-state index in [1.165, 1.54) is 0 Å². The van der Waals surface area contributed by atoms with Gasteiger partial charge in [0.2, 0.25) is 0 Å². The molecule has 0 aliphatic rings. The van der Waals surface area contributed by atoms with Crippen LogP contribution in [0.15, 0.2) is 30.3 Å². The van der Waals surface area contributed by atoms with E-state index in [-0.39, 0.29) is 0 Å². The molecular formula is C13H20N2O2. The molecule has 1 aromatic rings. The van der Waals surface area contributed by atoms with Gasteiger partial charge in [0, 0.05) is 18.3 Å². The van der Waals surface area contributed by atoms with Crippen LogP contribution in [0.4, 0.5) is 10.5 Å². The summed E-state index contributed by atoms with van der Waals surface area (Å²) in [6, 6.07) is 9.71. The molecule has 1 aromatic carbocycles. The van der Waals surface area contributed by atoms with Crippen molar-refractivity contribution < 1.29 is 9.53 Å². The molecule has 1 rings (SSSR count). The lowest BCUT2D eigenvalue weighted by molar-refractivity contribution is 0.161. The third kappa shape index (κ3) is 5.92. The van der Waals surface area contributed by atoms with Gasteiger partial charge < -0.3 is 10.1 Å². The van der Waals surface area contributed by atoms with Crippen LogP contribution in [0.3, 0.4) is 0 Å². The summed E-state index contributed by atoms with van der Waals surface area (Å²) >= 11 is 0. The molecule has 4 nitrogen and oxygen atoms in total. The standard InChI is InChI=1S/C13H20N2O2/c1-3-11(2)14-9-10-17-13(16)15-12-7-5-4-6-8-12/h4-8,11,14H,3,9-10H2,1-2H3,(H,15,16). The minimum atomic E-state index is -0.415. The molecule has 0 aliphatic carbocycles. The van der Waals surface area contributed by atoms with Gasteiger partial charge >= 0.3 is 6.09 Å². The fourth-order valence-corrected chi connectivity index (χ4v) is 1.27. The van der Waals surface area contributed by atoms with Crippen LogP contribution in [-0.4, -0.2) is 25.3 Å². The van der Waals surface area contributed by atoms with Gasteiger partial charge in [-0.05, 0) is 25.5 Å². The molecule has 1 amide bonds. The number of para-hydroxylation sites is 1. The van der Waals surface area contributed by atoms with E-state index in [1.54, 1.807) is 0 Å². The first-order valence-electron chi connectivity index (χ1n) is 5.94. The number of ether oxygens (including phenoxy) is 1. The highest BCUT2D eigenvalue weighted by Gasteiger charge is 2.02. The van der Waals surface area contributed by atoms with Gasteiger partial charge in [0.15, 0.2) is 0 Å². The van der Waals surface area contributed by atoms with Crippen LogP contribution >= 0.6 is 0 Å². The molecule has 1 unspecified atom stereocenters. The third-order valence-electron chi connectivity index (χ3n) is 2.46. The van der Waals surface area contributed by atoms with Crippen molar-refractivity contribution in [2.75, 3.05) is 18.5 Å². The van der Waals surface area contributed by atoms with Crippen molar-refractivity contribution >= 4 is 11.8 Å². The summed E-state index contributed by atoms with van der Waals surface area (Å²) in [6.45, 7) is 5.27. The van der Waals surface area contributed by atoms with Crippen molar-refractivity contribution in [2.45, 2.75) is 26.3 Å². The number of nitrogens with one attached hydrogen (secondary N) is 2. The third-order valence-corrected chi connectivity index (χ3v) is 2.46. The molecule has 0 heterocycles. The van der Waals surface area contributed by atoms with Crippen LogP contribution in [0.25, 0.3) is 0 Å². The van der Waals surface area contributed by atoms with Crippen LogP contribution in [0, 0.1) is 0 Å². The van der Waals surface area contributed by atoms with Crippen LogP contribution in [0.5, 0.6) is 0 Å². The first kappa shape index (κ1) is 13.5. The fraction of sp³-hybridized carbons (Fsp3) is 0.462. The molecule has 94 valence electrons. The summed E-state index contributed by atoms with van der Waals surface area (Å²) < 4.78 is 5.03. The fourth-order valence-electron chi connectivity index (χ4n) is 1.27. The first-order valence-corrected chi connectivity index (χ1v) is 5.94. The number of benzene rings is 1. The molecule has 0 saturated heterocycles. The Bertz CT molecular complexity index is 327. The lowest BCUT2D eigenvalue weighted by Crippen LogP contribution is -2.30. The summed E-state index contributed by atoms with van der Waals surface area (Å²) in [7, 11) is 0. The van der Waals surface area contributed by atoms with Crippen LogP contribution in [0.2, 0.25) is 0 Å².